The molecule has 0 aromatic carbocycles. The maximum Gasteiger partial charge on any atom is 0.297 e. The van der Waals surface area contributed by atoms with E-state index < -0.39 is 0 Å². The van der Waals surface area contributed by atoms with E-state index in [4.69, 9.17) is 19.5 Å². The van der Waals surface area contributed by atoms with Gasteiger partial charge in [0.05, 0.1) is 0 Å². The number of quaternary nitrogens is 2. The molecule has 0 bridgehead atoms. The second kappa shape index (κ2) is 8.11. The second-order valence-corrected chi connectivity index (χ2v) is 3.60. The zero-order valence-corrected chi connectivity index (χ0v) is 12.3. The lowest BCUT2D eigenvalue weighted by Crippen LogP contribution is -2.42. The fourth-order valence-electron chi connectivity index (χ4n) is 1.42. The molecular weight excluding hydrogens is 364 g/mol. The van der Waals surface area contributed by atoms with Crippen LogP contribution < -0.4 is 11.8 Å². The lowest BCUT2D eigenvalue weighted by Gasteiger charge is -2.00. The number of hydrogen-bond donors (Lipinski definition) is 4. The van der Waals surface area contributed by atoms with E-state index in [9.17, 15) is 10.4 Å². The summed E-state index contributed by atoms with van der Waals surface area (Å²) in [4.78, 5) is 7.88. The molecule has 0 atom stereocenters. The Labute approximate surface area is 139 Å². The molecule has 0 saturated heterocycles. The molecule has 0 radical (unpaired) electrons. The van der Waals surface area contributed by atoms with Crippen molar-refractivity contribution in [1.29, 1.82) is 0 Å². The van der Waals surface area contributed by atoms with Gasteiger partial charge in [0.1, 0.15) is 0 Å². The summed E-state index contributed by atoms with van der Waals surface area (Å²) in [7, 11) is 0. The van der Waals surface area contributed by atoms with Gasteiger partial charge in [-0.05, 0) is 20.9 Å². The predicted octanol–water partition coefficient (Wildman–Crippen LogP) is -4.65. The molecule has 0 aliphatic carbocycles. The highest BCUT2D eigenvalue weighted by molar-refractivity contribution is 5.51. The summed E-state index contributed by atoms with van der Waals surface area (Å²) in [5.74, 6) is 3.22. The van der Waals surface area contributed by atoms with Crippen LogP contribution in [0.3, 0.4) is 0 Å². The molecule has 0 aliphatic rings. The van der Waals surface area contributed by atoms with Gasteiger partial charge in [0, 0.05) is 0 Å². The van der Waals surface area contributed by atoms with Crippen LogP contribution in [0, 0.1) is 10.4 Å². The Morgan fingerprint density at radius 1 is 0.731 bits per heavy atom. The first-order valence-electron chi connectivity index (χ1n) is 5.96. The van der Waals surface area contributed by atoms with Crippen LogP contribution in [0.25, 0.3) is 35.1 Å². The summed E-state index contributed by atoms with van der Waals surface area (Å²) in [5, 5.41) is 62.3. The van der Waals surface area contributed by atoms with Gasteiger partial charge in [-0.3, -0.25) is 0 Å². The molecule has 0 aliphatic heterocycles. The van der Waals surface area contributed by atoms with Crippen molar-refractivity contribution in [3.63, 3.8) is 0 Å². The van der Waals surface area contributed by atoms with E-state index in [-0.39, 0.29) is 44.8 Å². The minimum atomic E-state index is -0.286. The summed E-state index contributed by atoms with van der Waals surface area (Å²) >= 11 is 0. The fourth-order valence-corrected chi connectivity index (χ4v) is 1.42. The van der Waals surface area contributed by atoms with Gasteiger partial charge in [-0.1, -0.05) is 10.3 Å². The van der Waals surface area contributed by atoms with Crippen LogP contribution in [0.15, 0.2) is 9.05 Å². The highest BCUT2D eigenvalue weighted by Gasteiger charge is 2.20. The van der Waals surface area contributed by atoms with E-state index in [1.54, 1.807) is 0 Å². The Balaban J connectivity index is 0.000000570. The Kier molecular flexibility index (Phi) is 5.67. The van der Waals surface area contributed by atoms with Crippen LogP contribution in [0.5, 0.6) is 0 Å². The SMILES string of the molecule is [NH3+]O.[NH3+]O.[O-]n1nnnc1-c1nc(-c2noc(-c3nnnn3[O-])n2)no1. The molecule has 138 valence electrons. The largest absolute Gasteiger partial charge is 0.787 e. The second-order valence-electron chi connectivity index (χ2n) is 3.60. The summed E-state index contributed by atoms with van der Waals surface area (Å²) in [6.07, 6.45) is 0. The van der Waals surface area contributed by atoms with E-state index >= 15 is 0 Å². The van der Waals surface area contributed by atoms with Crippen molar-refractivity contribution in [3.05, 3.63) is 10.4 Å². The first-order chi connectivity index (χ1) is 12.7. The molecule has 0 unspecified atom stereocenters. The Bertz CT molecular complexity index is 863. The smallest absolute Gasteiger partial charge is 0.297 e. The third-order valence-electron chi connectivity index (χ3n) is 2.32. The minimum absolute atomic E-state index is 0.102. The maximum absolute atomic E-state index is 11.2. The molecule has 4 aromatic rings. The molecule has 4 aromatic heterocycles. The van der Waals surface area contributed by atoms with Crippen molar-refractivity contribution in [1.82, 2.24) is 61.0 Å². The molecule has 20 heteroatoms. The third kappa shape index (κ3) is 3.36. The molecule has 20 nitrogen and oxygen atoms in total. The van der Waals surface area contributed by atoms with Crippen LogP contribution in [0.4, 0.5) is 0 Å². The molecule has 4 heterocycles. The quantitative estimate of drug-likeness (QED) is 0.245. The standard InChI is InChI=1S/C6N12O4.2H4NO/c19-17-3(9-13-15-17)5-7-1(11-21-5)2-8-6(22-12-2)4-10-14-16-18(4)20;2*1-2/h;2*2H,1H3/q-2;2*+1. The minimum Gasteiger partial charge on any atom is -0.787 e. The highest BCUT2D eigenvalue weighted by atomic mass is 16.5. The van der Waals surface area contributed by atoms with Crippen molar-refractivity contribution < 1.29 is 31.3 Å². The first-order valence-corrected chi connectivity index (χ1v) is 5.96. The third-order valence-corrected chi connectivity index (χ3v) is 2.32. The molecule has 26 heavy (non-hydrogen) atoms. The van der Waals surface area contributed by atoms with Crippen LogP contribution in [0.1, 0.15) is 0 Å². The molecule has 8 N–H and O–H groups in total. The van der Waals surface area contributed by atoms with Crippen LogP contribution in [-0.2, 0) is 0 Å². The molecule has 0 spiro atoms. The summed E-state index contributed by atoms with van der Waals surface area (Å²) < 4.78 is 9.63. The number of tetrazole rings is 2. The van der Waals surface area contributed by atoms with Gasteiger partial charge in [-0.25, -0.2) is 31.9 Å². The van der Waals surface area contributed by atoms with Crippen LogP contribution in [0.2, 0.25) is 0 Å². The van der Waals surface area contributed by atoms with Crippen molar-refractivity contribution in [2.75, 3.05) is 0 Å². The molecule has 4 rings (SSSR count). The van der Waals surface area contributed by atoms with Crippen LogP contribution >= 0.6 is 0 Å². The lowest BCUT2D eigenvalue weighted by atomic mass is 10.5. The highest BCUT2D eigenvalue weighted by Crippen LogP contribution is 2.20. The fraction of sp³-hybridized carbons (Fsp3) is 0. The maximum atomic E-state index is 11.2. The van der Waals surface area contributed by atoms with Gasteiger partial charge in [-0.15, -0.1) is 10.2 Å². The first kappa shape index (κ1) is 18.2. The lowest BCUT2D eigenvalue weighted by molar-refractivity contribution is -0.670. The Morgan fingerprint density at radius 3 is 1.42 bits per heavy atom. The summed E-state index contributed by atoms with van der Waals surface area (Å²) in [6, 6.07) is 0. The zero-order chi connectivity index (χ0) is 19.1. The Morgan fingerprint density at radius 2 is 1.12 bits per heavy atom. The van der Waals surface area contributed by atoms with Gasteiger partial charge in [0.25, 0.3) is 11.8 Å². The Hall–Kier alpha value is -4.14. The van der Waals surface area contributed by atoms with Crippen molar-refractivity contribution in [2.24, 2.45) is 0 Å². The van der Waals surface area contributed by atoms with E-state index in [0.717, 1.165) is 0 Å². The van der Waals surface area contributed by atoms with E-state index in [2.05, 4.69) is 63.1 Å². The van der Waals surface area contributed by atoms with Crippen LogP contribution in [-0.4, -0.2) is 71.4 Å². The normalized spacial score (nSPS) is 9.85. The monoisotopic (exact) mass is 372 g/mol. The zero-order valence-electron chi connectivity index (χ0n) is 12.3. The topological polar surface area (TPSA) is 307 Å². The average Bonchev–Trinajstić information content (AvgIpc) is 3.44. The number of rotatable bonds is 3. The van der Waals surface area contributed by atoms with Gasteiger partial charge in [0.15, 0.2) is 0 Å². The number of nitrogens with zero attached hydrogens (tertiary/aromatic N) is 12. The average molecular weight is 372 g/mol. The number of aromatic nitrogens is 12. The molecule has 0 fully saturated rings. The summed E-state index contributed by atoms with van der Waals surface area (Å²) in [6.45, 7) is 0. The molecular formula is C6H8N14O6. The van der Waals surface area contributed by atoms with Gasteiger partial charge in [-0.2, -0.15) is 9.97 Å². The van der Waals surface area contributed by atoms with Gasteiger partial charge >= 0.3 is 0 Å². The summed E-state index contributed by atoms with van der Waals surface area (Å²) in [5.41, 5.74) is 0. The molecule has 0 saturated carbocycles. The van der Waals surface area contributed by atoms with Gasteiger partial charge in [0.2, 0.25) is 23.3 Å². The number of hydrogen-bond acceptors (Lipinski definition) is 16. The van der Waals surface area contributed by atoms with E-state index in [0.29, 0.717) is 0 Å². The van der Waals surface area contributed by atoms with Crippen molar-refractivity contribution in [3.8, 4) is 35.1 Å². The van der Waals surface area contributed by atoms with Gasteiger partial charge < -0.3 is 19.5 Å². The van der Waals surface area contributed by atoms with E-state index in [1.807, 2.05) is 0 Å². The van der Waals surface area contributed by atoms with E-state index in [1.165, 1.54) is 0 Å². The van der Waals surface area contributed by atoms with Crippen molar-refractivity contribution >= 4 is 0 Å². The predicted molar refractivity (Wildman–Crippen MR) is 68.1 cm³/mol. The van der Waals surface area contributed by atoms with Crippen molar-refractivity contribution in [2.45, 2.75) is 0 Å². The molecule has 0 amide bonds.